The van der Waals surface area contributed by atoms with E-state index in [-0.39, 0.29) is 32.0 Å². The SMILES string of the molecule is CCOC(=O)COc1c(Br)cc(C=NNC(=O)CCC(=O)Nc2cccc(C)c2C)cc1OCC. The monoisotopic (exact) mass is 547 g/mol. The highest BCUT2D eigenvalue weighted by atomic mass is 79.9. The second-order valence-corrected chi connectivity index (χ2v) is 8.30. The van der Waals surface area contributed by atoms with Crippen molar-refractivity contribution in [2.24, 2.45) is 5.10 Å². The molecule has 0 aromatic heterocycles. The number of anilines is 1. The molecule has 188 valence electrons. The molecule has 2 N–H and O–H groups in total. The molecule has 2 aromatic rings. The van der Waals surface area contributed by atoms with Gasteiger partial charge in [-0.3, -0.25) is 9.59 Å². The van der Waals surface area contributed by atoms with Crippen molar-refractivity contribution in [2.75, 3.05) is 25.1 Å². The van der Waals surface area contributed by atoms with Crippen LogP contribution in [0.5, 0.6) is 11.5 Å². The Morgan fingerprint density at radius 3 is 2.49 bits per heavy atom. The molecular formula is C25H30BrN3O6. The minimum atomic E-state index is -0.488. The first kappa shape index (κ1) is 27.8. The number of nitrogens with one attached hydrogen (secondary N) is 2. The van der Waals surface area contributed by atoms with Crippen molar-refractivity contribution in [3.8, 4) is 11.5 Å². The molecule has 0 atom stereocenters. The van der Waals surface area contributed by atoms with Crippen LogP contribution in [0.3, 0.4) is 0 Å². The van der Waals surface area contributed by atoms with E-state index in [0.717, 1.165) is 16.8 Å². The molecule has 0 heterocycles. The van der Waals surface area contributed by atoms with Gasteiger partial charge in [-0.2, -0.15) is 5.10 Å². The third kappa shape index (κ3) is 9.05. The molecule has 0 saturated carbocycles. The third-order valence-electron chi connectivity index (χ3n) is 4.83. The predicted octanol–water partition coefficient (Wildman–Crippen LogP) is 4.28. The van der Waals surface area contributed by atoms with E-state index in [1.54, 1.807) is 19.1 Å². The first-order chi connectivity index (χ1) is 16.7. The van der Waals surface area contributed by atoms with Crippen LogP contribution < -0.4 is 20.2 Å². The summed E-state index contributed by atoms with van der Waals surface area (Å²) >= 11 is 3.40. The van der Waals surface area contributed by atoms with Crippen LogP contribution in [0, 0.1) is 13.8 Å². The molecule has 0 saturated heterocycles. The van der Waals surface area contributed by atoms with Gasteiger partial charge in [0, 0.05) is 18.5 Å². The van der Waals surface area contributed by atoms with Gasteiger partial charge in [0.15, 0.2) is 18.1 Å². The molecule has 0 fully saturated rings. The molecule has 0 aliphatic heterocycles. The maximum atomic E-state index is 12.2. The van der Waals surface area contributed by atoms with E-state index in [4.69, 9.17) is 14.2 Å². The van der Waals surface area contributed by atoms with Crippen LogP contribution in [0.4, 0.5) is 5.69 Å². The normalized spacial score (nSPS) is 10.7. The summed E-state index contributed by atoms with van der Waals surface area (Å²) in [5.41, 5.74) is 5.84. The van der Waals surface area contributed by atoms with Crippen LogP contribution in [-0.4, -0.2) is 43.8 Å². The third-order valence-corrected chi connectivity index (χ3v) is 5.42. The Morgan fingerprint density at radius 2 is 1.77 bits per heavy atom. The average molecular weight is 548 g/mol. The van der Waals surface area contributed by atoms with Gasteiger partial charge < -0.3 is 19.5 Å². The molecule has 2 amide bonds. The van der Waals surface area contributed by atoms with E-state index in [1.807, 2.05) is 39.0 Å². The van der Waals surface area contributed by atoms with E-state index in [2.05, 4.69) is 31.8 Å². The highest BCUT2D eigenvalue weighted by Crippen LogP contribution is 2.36. The number of nitrogens with zero attached hydrogens (tertiary/aromatic N) is 1. The maximum Gasteiger partial charge on any atom is 0.344 e. The summed E-state index contributed by atoms with van der Waals surface area (Å²) < 4.78 is 16.6. The van der Waals surface area contributed by atoms with Crippen LogP contribution in [0.2, 0.25) is 0 Å². The molecule has 0 radical (unpaired) electrons. The van der Waals surface area contributed by atoms with Crippen molar-refractivity contribution in [3.63, 3.8) is 0 Å². The number of aryl methyl sites for hydroxylation is 1. The Labute approximate surface area is 213 Å². The van der Waals surface area contributed by atoms with Crippen LogP contribution in [-0.2, 0) is 19.1 Å². The molecule has 0 aliphatic carbocycles. The topological polar surface area (TPSA) is 115 Å². The average Bonchev–Trinajstić information content (AvgIpc) is 2.80. The number of esters is 1. The fourth-order valence-electron chi connectivity index (χ4n) is 2.96. The van der Waals surface area contributed by atoms with Gasteiger partial charge in [0.25, 0.3) is 0 Å². The lowest BCUT2D eigenvalue weighted by Crippen LogP contribution is -2.21. The highest BCUT2D eigenvalue weighted by Gasteiger charge is 2.14. The van der Waals surface area contributed by atoms with E-state index in [1.165, 1.54) is 6.21 Å². The van der Waals surface area contributed by atoms with Crippen molar-refractivity contribution in [3.05, 3.63) is 51.5 Å². The number of hydrazone groups is 1. The van der Waals surface area contributed by atoms with Crippen molar-refractivity contribution in [1.29, 1.82) is 0 Å². The first-order valence-electron chi connectivity index (χ1n) is 11.2. The van der Waals surface area contributed by atoms with E-state index >= 15 is 0 Å². The lowest BCUT2D eigenvalue weighted by atomic mass is 10.1. The fourth-order valence-corrected chi connectivity index (χ4v) is 3.53. The van der Waals surface area contributed by atoms with E-state index in [9.17, 15) is 14.4 Å². The number of hydrogen-bond donors (Lipinski definition) is 2. The predicted molar refractivity (Wildman–Crippen MR) is 137 cm³/mol. The van der Waals surface area contributed by atoms with E-state index < -0.39 is 11.9 Å². The summed E-state index contributed by atoms with van der Waals surface area (Å²) in [7, 11) is 0. The number of carbonyl (C=O) groups is 3. The zero-order valence-corrected chi connectivity index (χ0v) is 21.9. The van der Waals surface area contributed by atoms with Gasteiger partial charge in [0.1, 0.15) is 0 Å². The molecular weight excluding hydrogens is 518 g/mol. The molecule has 2 aromatic carbocycles. The number of halogens is 1. The second kappa shape index (κ2) is 14.1. The van der Waals surface area contributed by atoms with Crippen molar-refractivity contribution >= 4 is 45.6 Å². The van der Waals surface area contributed by atoms with Gasteiger partial charge in [-0.15, -0.1) is 0 Å². The van der Waals surface area contributed by atoms with E-state index in [0.29, 0.717) is 28.1 Å². The quantitative estimate of drug-likeness (QED) is 0.233. The second-order valence-electron chi connectivity index (χ2n) is 7.45. The number of ether oxygens (including phenoxy) is 3. The highest BCUT2D eigenvalue weighted by molar-refractivity contribution is 9.10. The Morgan fingerprint density at radius 1 is 1.03 bits per heavy atom. The minimum Gasteiger partial charge on any atom is -0.490 e. The van der Waals surface area contributed by atoms with Gasteiger partial charge in [-0.05, 0) is 78.5 Å². The Bertz CT molecular complexity index is 1090. The Kier molecular flexibility index (Phi) is 11.2. The number of amides is 2. The molecule has 0 unspecified atom stereocenters. The largest absolute Gasteiger partial charge is 0.490 e. The molecule has 10 heteroatoms. The summed E-state index contributed by atoms with van der Waals surface area (Å²) in [5, 5.41) is 6.78. The zero-order valence-electron chi connectivity index (χ0n) is 20.3. The number of rotatable bonds is 12. The molecule has 0 aliphatic rings. The fraction of sp³-hybridized carbons (Fsp3) is 0.360. The summed E-state index contributed by atoms with van der Waals surface area (Å²) in [6.07, 6.45) is 1.46. The maximum absolute atomic E-state index is 12.2. The lowest BCUT2D eigenvalue weighted by Gasteiger charge is -2.14. The minimum absolute atomic E-state index is 0.0113. The number of carbonyl (C=O) groups excluding carboxylic acids is 3. The lowest BCUT2D eigenvalue weighted by molar-refractivity contribution is -0.145. The van der Waals surface area contributed by atoms with Gasteiger partial charge in [-0.25, -0.2) is 10.2 Å². The smallest absolute Gasteiger partial charge is 0.344 e. The van der Waals surface area contributed by atoms with Crippen LogP contribution in [0.25, 0.3) is 0 Å². The summed E-state index contributed by atoms with van der Waals surface area (Å²) in [5.74, 6) is -0.367. The van der Waals surface area contributed by atoms with Gasteiger partial charge in [-0.1, -0.05) is 12.1 Å². The molecule has 0 bridgehead atoms. The Balaban J connectivity index is 1.92. The zero-order chi connectivity index (χ0) is 25.8. The number of benzene rings is 2. The van der Waals surface area contributed by atoms with Crippen molar-refractivity contribution in [2.45, 2.75) is 40.5 Å². The van der Waals surface area contributed by atoms with Crippen LogP contribution >= 0.6 is 15.9 Å². The molecule has 9 nitrogen and oxygen atoms in total. The summed E-state index contributed by atoms with van der Waals surface area (Å²) in [4.78, 5) is 35.9. The number of hydrogen-bond acceptors (Lipinski definition) is 7. The molecule has 35 heavy (non-hydrogen) atoms. The van der Waals surface area contributed by atoms with Crippen molar-refractivity contribution in [1.82, 2.24) is 5.43 Å². The van der Waals surface area contributed by atoms with Crippen LogP contribution in [0.1, 0.15) is 43.4 Å². The summed E-state index contributed by atoms with van der Waals surface area (Å²) in [6, 6.07) is 9.04. The van der Waals surface area contributed by atoms with Gasteiger partial charge >= 0.3 is 5.97 Å². The van der Waals surface area contributed by atoms with Crippen molar-refractivity contribution < 1.29 is 28.6 Å². The molecule has 2 rings (SSSR count). The first-order valence-corrected chi connectivity index (χ1v) is 12.0. The molecule has 0 spiro atoms. The standard InChI is InChI=1S/C25H30BrN3O6/c1-5-33-21-13-18(12-19(26)25(21)35-15-24(32)34-6-2)14-27-29-23(31)11-10-22(30)28-20-9-7-8-16(3)17(20)4/h7-9,12-14H,5-6,10-11,15H2,1-4H3,(H,28,30)(H,29,31). The summed E-state index contributed by atoms with van der Waals surface area (Å²) in [6.45, 7) is 7.82. The van der Waals surface area contributed by atoms with Crippen LogP contribution in [0.15, 0.2) is 39.9 Å². The van der Waals surface area contributed by atoms with Gasteiger partial charge in [0.05, 0.1) is 23.9 Å². The van der Waals surface area contributed by atoms with Gasteiger partial charge in [0.2, 0.25) is 11.8 Å². The Hall–Kier alpha value is -3.40.